The smallest absolute Gasteiger partial charge is 0.330 e. The molecule has 86 valence electrons. The predicted octanol–water partition coefficient (Wildman–Crippen LogP) is 2.43. The number of carbonyl (C=O) groups excluding carboxylic acids is 1. The van der Waals surface area contributed by atoms with Crippen molar-refractivity contribution in [3.8, 4) is 0 Å². The van der Waals surface area contributed by atoms with Gasteiger partial charge >= 0.3 is 5.97 Å². The van der Waals surface area contributed by atoms with E-state index >= 15 is 0 Å². The lowest BCUT2D eigenvalue weighted by molar-refractivity contribution is -0.137. The van der Waals surface area contributed by atoms with Gasteiger partial charge in [-0.25, -0.2) is 14.8 Å². The topological polar surface area (TPSA) is 52.1 Å². The third-order valence-electron chi connectivity index (χ3n) is 1.61. The van der Waals surface area contributed by atoms with Crippen molar-refractivity contribution in [3.05, 3.63) is 23.0 Å². The molecule has 16 heavy (non-hydrogen) atoms. The van der Waals surface area contributed by atoms with Gasteiger partial charge in [-0.3, -0.25) is 0 Å². The minimum absolute atomic E-state index is 0.319. The number of halogens is 1. The summed E-state index contributed by atoms with van der Waals surface area (Å²) in [6.07, 6.45) is 6.26. The van der Waals surface area contributed by atoms with Gasteiger partial charge in [0.1, 0.15) is 5.15 Å². The van der Waals surface area contributed by atoms with Gasteiger partial charge in [0.2, 0.25) is 0 Å². The quantitative estimate of drug-likeness (QED) is 0.273. The second-order valence-corrected chi connectivity index (χ2v) is 3.82. The number of nitrogens with zero attached hydrogens (tertiary/aromatic N) is 2. The Morgan fingerprint density at radius 3 is 3.00 bits per heavy atom. The van der Waals surface area contributed by atoms with Crippen molar-refractivity contribution in [2.75, 3.05) is 12.9 Å². The molecular weight excluding hydrogens is 248 g/mol. The number of hydrogen-bond acceptors (Lipinski definition) is 5. The highest BCUT2D eigenvalue weighted by Gasteiger charge is 2.02. The monoisotopic (exact) mass is 258 g/mol. The molecule has 0 aromatic carbocycles. The van der Waals surface area contributed by atoms with E-state index in [4.69, 9.17) is 16.3 Å². The average Bonchev–Trinajstić information content (AvgIpc) is 2.27. The van der Waals surface area contributed by atoms with Crippen LogP contribution in [0.3, 0.4) is 0 Å². The zero-order chi connectivity index (χ0) is 12.0. The molecule has 0 radical (unpaired) electrons. The molecular formula is C10H11ClN2O2S. The van der Waals surface area contributed by atoms with Gasteiger partial charge in [-0.15, -0.1) is 0 Å². The van der Waals surface area contributed by atoms with Crippen molar-refractivity contribution in [1.82, 2.24) is 9.97 Å². The first-order valence-corrected chi connectivity index (χ1v) is 6.19. The maximum Gasteiger partial charge on any atom is 0.330 e. The van der Waals surface area contributed by atoms with Gasteiger partial charge in [-0.1, -0.05) is 23.4 Å². The van der Waals surface area contributed by atoms with Gasteiger partial charge in [0.05, 0.1) is 6.61 Å². The second kappa shape index (κ2) is 6.50. The lowest BCUT2D eigenvalue weighted by Gasteiger charge is -1.99. The highest BCUT2D eigenvalue weighted by atomic mass is 35.5. The number of aromatic nitrogens is 2. The summed E-state index contributed by atoms with van der Waals surface area (Å²) >= 11 is 7.30. The Kier molecular flexibility index (Phi) is 5.28. The molecule has 0 amide bonds. The van der Waals surface area contributed by atoms with Crippen molar-refractivity contribution in [3.63, 3.8) is 0 Å². The Morgan fingerprint density at radius 1 is 1.69 bits per heavy atom. The summed E-state index contributed by atoms with van der Waals surface area (Å²) in [6.45, 7) is 2.09. The SMILES string of the molecule is CCOC(=O)/C=C/c1cnc(SC)nc1Cl. The van der Waals surface area contributed by atoms with Crippen LogP contribution >= 0.6 is 23.4 Å². The standard InChI is InChI=1S/C10H11ClN2O2S/c1-3-15-8(14)5-4-7-6-12-10(16-2)13-9(7)11/h4-6H,3H2,1-2H3/b5-4+. The molecule has 0 atom stereocenters. The Morgan fingerprint density at radius 2 is 2.44 bits per heavy atom. The largest absolute Gasteiger partial charge is 0.463 e. The van der Waals surface area contributed by atoms with E-state index in [0.29, 0.717) is 22.5 Å². The number of esters is 1. The van der Waals surface area contributed by atoms with E-state index < -0.39 is 5.97 Å². The van der Waals surface area contributed by atoms with E-state index in [1.807, 2.05) is 6.26 Å². The molecule has 0 aliphatic heterocycles. The third-order valence-corrected chi connectivity index (χ3v) is 2.48. The van der Waals surface area contributed by atoms with Crippen LogP contribution in [-0.4, -0.2) is 28.8 Å². The molecule has 0 bridgehead atoms. The van der Waals surface area contributed by atoms with Gasteiger partial charge in [0.15, 0.2) is 5.16 Å². The number of carbonyl (C=O) groups is 1. The summed E-state index contributed by atoms with van der Waals surface area (Å²) in [5, 5.41) is 0.915. The molecule has 1 aromatic heterocycles. The molecule has 0 aliphatic rings. The van der Waals surface area contributed by atoms with Crippen molar-refractivity contribution in [1.29, 1.82) is 0 Å². The van der Waals surface area contributed by atoms with Gasteiger partial charge in [-0.05, 0) is 19.3 Å². The van der Waals surface area contributed by atoms with Crippen molar-refractivity contribution in [2.24, 2.45) is 0 Å². The van der Waals surface area contributed by atoms with Crippen LogP contribution in [0, 0.1) is 0 Å². The molecule has 0 saturated carbocycles. The van der Waals surface area contributed by atoms with Crippen molar-refractivity contribution < 1.29 is 9.53 Å². The van der Waals surface area contributed by atoms with Crippen LogP contribution in [0.15, 0.2) is 17.4 Å². The zero-order valence-electron chi connectivity index (χ0n) is 8.94. The summed E-state index contributed by atoms with van der Waals surface area (Å²) in [5.41, 5.74) is 0.590. The van der Waals surface area contributed by atoms with Crippen LogP contribution in [-0.2, 0) is 9.53 Å². The summed E-state index contributed by atoms with van der Waals surface area (Å²) in [7, 11) is 0. The van der Waals surface area contributed by atoms with E-state index in [-0.39, 0.29) is 0 Å². The zero-order valence-corrected chi connectivity index (χ0v) is 10.5. The van der Waals surface area contributed by atoms with Gasteiger partial charge < -0.3 is 4.74 Å². The highest BCUT2D eigenvalue weighted by molar-refractivity contribution is 7.98. The van der Waals surface area contributed by atoms with Crippen LogP contribution in [0.1, 0.15) is 12.5 Å². The van der Waals surface area contributed by atoms with E-state index in [0.717, 1.165) is 0 Å². The maximum absolute atomic E-state index is 11.1. The summed E-state index contributed by atoms with van der Waals surface area (Å²) in [6, 6.07) is 0. The molecule has 0 saturated heterocycles. The van der Waals surface area contributed by atoms with Gasteiger partial charge in [-0.2, -0.15) is 0 Å². The molecule has 1 heterocycles. The summed E-state index contributed by atoms with van der Waals surface area (Å²) in [5.74, 6) is -0.410. The first-order valence-electron chi connectivity index (χ1n) is 4.58. The van der Waals surface area contributed by atoms with Crippen molar-refractivity contribution in [2.45, 2.75) is 12.1 Å². The van der Waals surface area contributed by atoms with E-state index in [1.54, 1.807) is 13.1 Å². The Hall–Kier alpha value is -1.07. The fourth-order valence-corrected chi connectivity index (χ4v) is 1.50. The van der Waals surface area contributed by atoms with E-state index in [2.05, 4.69) is 9.97 Å². The van der Waals surface area contributed by atoms with Crippen LogP contribution in [0.5, 0.6) is 0 Å². The molecule has 4 nitrogen and oxygen atoms in total. The molecule has 0 N–H and O–H groups in total. The average molecular weight is 259 g/mol. The molecule has 0 fully saturated rings. The lowest BCUT2D eigenvalue weighted by atomic mass is 10.3. The molecule has 0 unspecified atom stereocenters. The van der Waals surface area contributed by atoms with Gasteiger partial charge in [0, 0.05) is 17.8 Å². The lowest BCUT2D eigenvalue weighted by Crippen LogP contribution is -1.99. The second-order valence-electron chi connectivity index (χ2n) is 2.69. The Labute approximate surface area is 103 Å². The predicted molar refractivity (Wildman–Crippen MR) is 64.5 cm³/mol. The first-order chi connectivity index (χ1) is 7.67. The fraction of sp³-hybridized carbons (Fsp3) is 0.300. The maximum atomic E-state index is 11.1. The molecule has 0 spiro atoms. The Bertz CT molecular complexity index is 410. The normalized spacial score (nSPS) is 10.7. The number of rotatable bonds is 4. The summed E-state index contributed by atoms with van der Waals surface area (Å²) in [4.78, 5) is 19.1. The first kappa shape index (κ1) is 13.0. The minimum atomic E-state index is -0.410. The van der Waals surface area contributed by atoms with E-state index in [9.17, 15) is 4.79 Å². The molecule has 1 aromatic rings. The van der Waals surface area contributed by atoms with Crippen LogP contribution < -0.4 is 0 Å². The van der Waals surface area contributed by atoms with E-state index in [1.165, 1.54) is 23.9 Å². The molecule has 1 rings (SSSR count). The molecule has 0 aliphatic carbocycles. The summed E-state index contributed by atoms with van der Waals surface area (Å²) < 4.78 is 4.73. The highest BCUT2D eigenvalue weighted by Crippen LogP contribution is 2.17. The number of ether oxygens (including phenoxy) is 1. The number of hydrogen-bond donors (Lipinski definition) is 0. The molecule has 6 heteroatoms. The minimum Gasteiger partial charge on any atom is -0.463 e. The van der Waals surface area contributed by atoms with Crippen LogP contribution in [0.2, 0.25) is 5.15 Å². The van der Waals surface area contributed by atoms with Gasteiger partial charge in [0.25, 0.3) is 0 Å². The van der Waals surface area contributed by atoms with Crippen LogP contribution in [0.25, 0.3) is 6.08 Å². The van der Waals surface area contributed by atoms with Crippen LogP contribution in [0.4, 0.5) is 0 Å². The fourth-order valence-electron chi connectivity index (χ4n) is 0.914. The Balaban J connectivity index is 2.78. The third kappa shape index (κ3) is 3.83. The number of thioether (sulfide) groups is 1. The van der Waals surface area contributed by atoms with Crippen molar-refractivity contribution >= 4 is 35.4 Å².